The molecule has 0 aromatic carbocycles. The van der Waals surface area contributed by atoms with Crippen molar-refractivity contribution in [2.75, 3.05) is 6.54 Å². The molecule has 0 rings (SSSR count). The summed E-state index contributed by atoms with van der Waals surface area (Å²) < 4.78 is 0. The Labute approximate surface area is 92.6 Å². The van der Waals surface area contributed by atoms with Gasteiger partial charge < -0.3 is 5.32 Å². The highest BCUT2D eigenvalue weighted by molar-refractivity contribution is 5.88. The second-order valence-electron chi connectivity index (χ2n) is 4.88. The van der Waals surface area contributed by atoms with Crippen LogP contribution in [0.1, 0.15) is 53.4 Å². The number of hydrogen-bond acceptors (Lipinski definition) is 2. The molecule has 0 unspecified atom stereocenters. The van der Waals surface area contributed by atoms with Crippen molar-refractivity contribution in [2.24, 2.45) is 5.41 Å². The summed E-state index contributed by atoms with van der Waals surface area (Å²) >= 11 is 0. The van der Waals surface area contributed by atoms with Crippen molar-refractivity contribution >= 4 is 11.7 Å². The molecule has 0 saturated heterocycles. The van der Waals surface area contributed by atoms with Crippen LogP contribution in [0.15, 0.2) is 0 Å². The van der Waals surface area contributed by atoms with Crippen molar-refractivity contribution in [3.63, 3.8) is 0 Å². The lowest BCUT2D eigenvalue weighted by Crippen LogP contribution is -2.27. The number of rotatable bonds is 6. The summed E-state index contributed by atoms with van der Waals surface area (Å²) in [4.78, 5) is 22.8. The molecular formula is C12H23NO2. The minimum Gasteiger partial charge on any atom is -0.356 e. The van der Waals surface area contributed by atoms with Crippen LogP contribution in [-0.4, -0.2) is 18.2 Å². The zero-order valence-electron chi connectivity index (χ0n) is 10.4. The van der Waals surface area contributed by atoms with Crippen LogP contribution in [0.25, 0.3) is 0 Å². The summed E-state index contributed by atoms with van der Waals surface area (Å²) in [5.74, 6) is 0.134. The Hall–Kier alpha value is -0.860. The molecule has 0 aromatic rings. The Balaban J connectivity index is 3.67. The molecule has 0 fully saturated rings. The van der Waals surface area contributed by atoms with E-state index in [1.165, 1.54) is 0 Å². The summed E-state index contributed by atoms with van der Waals surface area (Å²) in [6.45, 7) is 8.44. The van der Waals surface area contributed by atoms with Crippen molar-refractivity contribution in [2.45, 2.75) is 53.4 Å². The smallest absolute Gasteiger partial charge is 0.220 e. The molecule has 0 saturated carbocycles. The lowest BCUT2D eigenvalue weighted by Gasteiger charge is -2.15. The fourth-order valence-electron chi connectivity index (χ4n) is 1.10. The van der Waals surface area contributed by atoms with E-state index in [9.17, 15) is 9.59 Å². The SMILES string of the molecule is CCCCNC(=O)CCC(=O)C(C)(C)C. The molecule has 1 amide bonds. The number of carbonyl (C=O) groups is 2. The van der Waals surface area contributed by atoms with E-state index in [-0.39, 0.29) is 17.1 Å². The molecule has 0 aliphatic rings. The lowest BCUT2D eigenvalue weighted by molar-refractivity contribution is -0.129. The van der Waals surface area contributed by atoms with E-state index < -0.39 is 0 Å². The zero-order valence-corrected chi connectivity index (χ0v) is 10.4. The molecule has 0 bridgehead atoms. The van der Waals surface area contributed by atoms with Gasteiger partial charge in [0.25, 0.3) is 0 Å². The third-order valence-electron chi connectivity index (χ3n) is 2.27. The van der Waals surface area contributed by atoms with E-state index in [1.807, 2.05) is 20.8 Å². The van der Waals surface area contributed by atoms with Gasteiger partial charge in [0.05, 0.1) is 0 Å². The number of ketones is 1. The molecule has 1 N–H and O–H groups in total. The maximum atomic E-state index is 11.5. The fraction of sp³-hybridized carbons (Fsp3) is 0.833. The lowest BCUT2D eigenvalue weighted by atomic mass is 9.88. The van der Waals surface area contributed by atoms with E-state index >= 15 is 0 Å². The van der Waals surface area contributed by atoms with Crippen molar-refractivity contribution in [3.05, 3.63) is 0 Å². The number of Topliss-reactive ketones (excluding diaryl/α,β-unsaturated/α-hetero) is 1. The minimum atomic E-state index is -0.330. The molecule has 0 aliphatic heterocycles. The van der Waals surface area contributed by atoms with Crippen LogP contribution in [0.5, 0.6) is 0 Å². The van der Waals surface area contributed by atoms with Crippen molar-refractivity contribution in [1.29, 1.82) is 0 Å². The molecule has 0 aliphatic carbocycles. The summed E-state index contributed by atoms with van der Waals surface area (Å²) in [7, 11) is 0. The molecule has 0 atom stereocenters. The number of carbonyl (C=O) groups excluding carboxylic acids is 2. The highest BCUT2D eigenvalue weighted by Gasteiger charge is 2.21. The number of nitrogens with one attached hydrogen (secondary N) is 1. The Kier molecular flexibility index (Phi) is 6.21. The maximum Gasteiger partial charge on any atom is 0.220 e. The van der Waals surface area contributed by atoms with Crippen LogP contribution in [0.4, 0.5) is 0 Å². The third kappa shape index (κ3) is 7.11. The van der Waals surface area contributed by atoms with Crippen LogP contribution in [0, 0.1) is 5.41 Å². The summed E-state index contributed by atoms with van der Waals surface area (Å²) in [6.07, 6.45) is 2.74. The van der Waals surface area contributed by atoms with Gasteiger partial charge in [0.2, 0.25) is 5.91 Å². The van der Waals surface area contributed by atoms with Crippen LogP contribution in [-0.2, 0) is 9.59 Å². The Morgan fingerprint density at radius 2 is 1.73 bits per heavy atom. The predicted octanol–water partition coefficient (Wildman–Crippen LogP) is 2.30. The number of hydrogen-bond donors (Lipinski definition) is 1. The highest BCUT2D eigenvalue weighted by atomic mass is 16.2. The normalized spacial score (nSPS) is 11.2. The Bertz CT molecular complexity index is 216. The minimum absolute atomic E-state index is 0.0129. The van der Waals surface area contributed by atoms with Gasteiger partial charge in [-0.25, -0.2) is 0 Å². The Morgan fingerprint density at radius 3 is 2.20 bits per heavy atom. The van der Waals surface area contributed by atoms with E-state index in [4.69, 9.17) is 0 Å². The van der Waals surface area contributed by atoms with Gasteiger partial charge in [0.15, 0.2) is 0 Å². The third-order valence-corrected chi connectivity index (χ3v) is 2.27. The Morgan fingerprint density at radius 1 is 1.13 bits per heavy atom. The van der Waals surface area contributed by atoms with Crippen molar-refractivity contribution in [3.8, 4) is 0 Å². The van der Waals surface area contributed by atoms with Gasteiger partial charge >= 0.3 is 0 Å². The average Bonchev–Trinajstić information content (AvgIpc) is 2.13. The monoisotopic (exact) mass is 213 g/mol. The van der Waals surface area contributed by atoms with Gasteiger partial charge in [0, 0.05) is 24.8 Å². The van der Waals surface area contributed by atoms with Gasteiger partial charge in [-0.3, -0.25) is 9.59 Å². The van der Waals surface area contributed by atoms with Crippen LogP contribution in [0.2, 0.25) is 0 Å². The van der Waals surface area contributed by atoms with Gasteiger partial charge in [-0.2, -0.15) is 0 Å². The first-order valence-corrected chi connectivity index (χ1v) is 5.68. The molecular weight excluding hydrogens is 190 g/mol. The van der Waals surface area contributed by atoms with E-state index in [1.54, 1.807) is 0 Å². The van der Waals surface area contributed by atoms with Crippen LogP contribution >= 0.6 is 0 Å². The first-order chi connectivity index (χ1) is 6.88. The summed E-state index contributed by atoms with van der Waals surface area (Å²) in [6, 6.07) is 0. The van der Waals surface area contributed by atoms with E-state index in [0.717, 1.165) is 19.4 Å². The molecule has 0 heterocycles. The zero-order chi connectivity index (χ0) is 11.9. The fourth-order valence-corrected chi connectivity index (χ4v) is 1.10. The molecule has 0 spiro atoms. The van der Waals surface area contributed by atoms with Crippen molar-refractivity contribution < 1.29 is 9.59 Å². The second kappa shape index (κ2) is 6.59. The molecule has 3 nitrogen and oxygen atoms in total. The maximum absolute atomic E-state index is 11.5. The predicted molar refractivity (Wildman–Crippen MR) is 61.6 cm³/mol. The molecule has 0 aromatic heterocycles. The highest BCUT2D eigenvalue weighted by Crippen LogP contribution is 2.17. The van der Waals surface area contributed by atoms with Gasteiger partial charge in [0.1, 0.15) is 5.78 Å². The van der Waals surface area contributed by atoms with E-state index in [0.29, 0.717) is 12.8 Å². The number of amides is 1. The topological polar surface area (TPSA) is 46.2 Å². The van der Waals surface area contributed by atoms with Crippen LogP contribution < -0.4 is 5.32 Å². The molecule has 0 radical (unpaired) electrons. The molecule has 3 heteroatoms. The first-order valence-electron chi connectivity index (χ1n) is 5.68. The first kappa shape index (κ1) is 14.1. The van der Waals surface area contributed by atoms with Crippen LogP contribution in [0.3, 0.4) is 0 Å². The van der Waals surface area contributed by atoms with Gasteiger partial charge in [-0.15, -0.1) is 0 Å². The second-order valence-corrected chi connectivity index (χ2v) is 4.88. The molecule has 15 heavy (non-hydrogen) atoms. The standard InChI is InChI=1S/C12H23NO2/c1-5-6-9-13-11(15)8-7-10(14)12(2,3)4/h5-9H2,1-4H3,(H,13,15). The largest absolute Gasteiger partial charge is 0.356 e. The molecule has 88 valence electrons. The summed E-state index contributed by atoms with van der Waals surface area (Å²) in [5.41, 5.74) is -0.330. The van der Waals surface area contributed by atoms with Gasteiger partial charge in [-0.1, -0.05) is 34.1 Å². The summed E-state index contributed by atoms with van der Waals surface area (Å²) in [5, 5.41) is 2.80. The average molecular weight is 213 g/mol. The van der Waals surface area contributed by atoms with Crippen molar-refractivity contribution in [1.82, 2.24) is 5.32 Å². The van der Waals surface area contributed by atoms with E-state index in [2.05, 4.69) is 12.2 Å². The van der Waals surface area contributed by atoms with Gasteiger partial charge in [-0.05, 0) is 6.42 Å². The quantitative estimate of drug-likeness (QED) is 0.688. The number of unbranched alkanes of at least 4 members (excludes halogenated alkanes) is 1.